The summed E-state index contributed by atoms with van der Waals surface area (Å²) in [4.78, 5) is 23.8. The van der Waals surface area contributed by atoms with Crippen molar-refractivity contribution in [2.75, 3.05) is 19.8 Å². The zero-order valence-corrected chi connectivity index (χ0v) is 10.5. The highest BCUT2D eigenvalue weighted by atomic mass is 16.7. The minimum atomic E-state index is -0.595. The molecule has 5 nitrogen and oxygen atoms in total. The standard InChI is InChI=1S/C13H18O5/c1-2-16-12(15)11-9-7-13(17-3-4-18-13)6-8(9)5-10(11)14/h8-9,11H,2-7H2,1H3. The maximum Gasteiger partial charge on any atom is 0.316 e. The number of carbonyl (C=O) groups is 2. The molecule has 100 valence electrons. The van der Waals surface area contributed by atoms with Gasteiger partial charge in [-0.1, -0.05) is 0 Å². The smallest absolute Gasteiger partial charge is 0.316 e. The molecule has 3 aliphatic rings. The SMILES string of the molecule is CCOC(=O)C1C(=O)CC2CC3(CC21)OCCO3. The second kappa shape index (κ2) is 4.31. The van der Waals surface area contributed by atoms with Crippen LogP contribution in [0, 0.1) is 17.8 Å². The van der Waals surface area contributed by atoms with Gasteiger partial charge in [-0.15, -0.1) is 0 Å². The fourth-order valence-corrected chi connectivity index (χ4v) is 3.67. The van der Waals surface area contributed by atoms with Crippen LogP contribution in [-0.2, 0) is 23.8 Å². The van der Waals surface area contributed by atoms with Crippen LogP contribution in [0.4, 0.5) is 0 Å². The third kappa shape index (κ3) is 1.77. The number of hydrogen-bond acceptors (Lipinski definition) is 5. The Morgan fingerprint density at radius 3 is 2.78 bits per heavy atom. The zero-order valence-electron chi connectivity index (χ0n) is 10.5. The van der Waals surface area contributed by atoms with E-state index >= 15 is 0 Å². The third-order valence-electron chi connectivity index (χ3n) is 4.32. The summed E-state index contributed by atoms with van der Waals surface area (Å²) in [6.45, 7) is 3.29. The molecule has 0 amide bonds. The Morgan fingerprint density at radius 1 is 1.39 bits per heavy atom. The maximum atomic E-state index is 11.9. The van der Waals surface area contributed by atoms with Gasteiger partial charge >= 0.3 is 5.97 Å². The Labute approximate surface area is 106 Å². The van der Waals surface area contributed by atoms with Crippen molar-refractivity contribution >= 4 is 11.8 Å². The van der Waals surface area contributed by atoms with Crippen LogP contribution >= 0.6 is 0 Å². The Bertz CT molecular complexity index is 372. The topological polar surface area (TPSA) is 61.8 Å². The van der Waals surface area contributed by atoms with E-state index in [1.807, 2.05) is 0 Å². The number of esters is 1. The Kier molecular flexibility index (Phi) is 2.90. The molecule has 2 aliphatic carbocycles. The monoisotopic (exact) mass is 254 g/mol. The number of fused-ring (bicyclic) bond motifs is 1. The van der Waals surface area contributed by atoms with Gasteiger partial charge in [-0.05, 0) is 18.8 Å². The van der Waals surface area contributed by atoms with Crippen molar-refractivity contribution in [1.29, 1.82) is 0 Å². The van der Waals surface area contributed by atoms with Gasteiger partial charge < -0.3 is 14.2 Å². The highest BCUT2D eigenvalue weighted by Gasteiger charge is 2.58. The molecule has 18 heavy (non-hydrogen) atoms. The van der Waals surface area contributed by atoms with E-state index in [0.29, 0.717) is 32.7 Å². The largest absolute Gasteiger partial charge is 0.465 e. The van der Waals surface area contributed by atoms with Crippen LogP contribution < -0.4 is 0 Å². The summed E-state index contributed by atoms with van der Waals surface area (Å²) in [5.41, 5.74) is 0. The molecule has 3 atom stereocenters. The zero-order chi connectivity index (χ0) is 12.8. The van der Waals surface area contributed by atoms with Crippen LogP contribution in [0.5, 0.6) is 0 Å². The molecule has 0 N–H and O–H groups in total. The van der Waals surface area contributed by atoms with Crippen molar-refractivity contribution in [3.8, 4) is 0 Å². The van der Waals surface area contributed by atoms with E-state index in [4.69, 9.17) is 14.2 Å². The van der Waals surface area contributed by atoms with Crippen molar-refractivity contribution < 1.29 is 23.8 Å². The highest BCUT2D eigenvalue weighted by molar-refractivity contribution is 6.01. The fraction of sp³-hybridized carbons (Fsp3) is 0.846. The van der Waals surface area contributed by atoms with Crippen molar-refractivity contribution in [1.82, 2.24) is 0 Å². The van der Waals surface area contributed by atoms with Crippen molar-refractivity contribution in [2.45, 2.75) is 32.0 Å². The quantitative estimate of drug-likeness (QED) is 0.541. The van der Waals surface area contributed by atoms with Crippen molar-refractivity contribution in [3.63, 3.8) is 0 Å². The highest BCUT2D eigenvalue weighted by Crippen LogP contribution is 2.53. The van der Waals surface area contributed by atoms with Crippen molar-refractivity contribution in [3.05, 3.63) is 0 Å². The molecule has 0 aromatic rings. The summed E-state index contributed by atoms with van der Waals surface area (Å²) in [5, 5.41) is 0. The molecule has 0 aromatic carbocycles. The van der Waals surface area contributed by atoms with Crippen LogP contribution in [0.25, 0.3) is 0 Å². The molecule has 0 aromatic heterocycles. The molecule has 1 heterocycles. The molecule has 1 spiro atoms. The van der Waals surface area contributed by atoms with Gasteiger partial charge in [-0.25, -0.2) is 0 Å². The summed E-state index contributed by atoms with van der Waals surface area (Å²) in [6.07, 6.45) is 1.84. The number of hydrogen-bond donors (Lipinski definition) is 0. The lowest BCUT2D eigenvalue weighted by molar-refractivity contribution is -0.162. The molecule has 1 aliphatic heterocycles. The van der Waals surface area contributed by atoms with Gasteiger partial charge in [0, 0.05) is 19.3 Å². The first-order valence-corrected chi connectivity index (χ1v) is 6.62. The van der Waals surface area contributed by atoms with E-state index < -0.39 is 11.7 Å². The number of rotatable bonds is 2. The maximum absolute atomic E-state index is 11.9. The molecule has 1 saturated heterocycles. The van der Waals surface area contributed by atoms with Gasteiger partial charge in [0.2, 0.25) is 0 Å². The van der Waals surface area contributed by atoms with Gasteiger partial charge in [0.25, 0.3) is 0 Å². The summed E-state index contributed by atoms with van der Waals surface area (Å²) in [7, 11) is 0. The van der Waals surface area contributed by atoms with Crippen molar-refractivity contribution in [2.24, 2.45) is 17.8 Å². The average molecular weight is 254 g/mol. The Morgan fingerprint density at radius 2 is 2.11 bits per heavy atom. The van der Waals surface area contributed by atoms with Gasteiger partial charge in [-0.2, -0.15) is 0 Å². The first kappa shape index (κ1) is 12.1. The predicted molar refractivity (Wildman–Crippen MR) is 60.6 cm³/mol. The second-order valence-corrected chi connectivity index (χ2v) is 5.34. The normalized spacial score (nSPS) is 37.2. The lowest BCUT2D eigenvalue weighted by Gasteiger charge is -2.23. The van der Waals surface area contributed by atoms with Crippen LogP contribution in [0.2, 0.25) is 0 Å². The molecule has 0 radical (unpaired) electrons. The lowest BCUT2D eigenvalue weighted by Crippen LogP contribution is -2.32. The summed E-state index contributed by atoms with van der Waals surface area (Å²) < 4.78 is 16.4. The first-order valence-electron chi connectivity index (χ1n) is 6.62. The van der Waals surface area contributed by atoms with Crippen LogP contribution in [0.3, 0.4) is 0 Å². The average Bonchev–Trinajstić information content (AvgIpc) is 2.95. The number of Topliss-reactive ketones (excluding diaryl/α,β-unsaturated/α-hetero) is 1. The minimum absolute atomic E-state index is 0.0243. The number of ether oxygens (including phenoxy) is 3. The fourth-order valence-electron chi connectivity index (χ4n) is 3.67. The third-order valence-corrected chi connectivity index (χ3v) is 4.32. The molecule has 0 bridgehead atoms. The molecule has 3 unspecified atom stereocenters. The molecule has 3 rings (SSSR count). The lowest BCUT2D eigenvalue weighted by atomic mass is 9.91. The predicted octanol–water partition coefficient (Wildman–Crippen LogP) is 0.908. The van der Waals surface area contributed by atoms with E-state index in [-0.39, 0.29) is 23.6 Å². The van der Waals surface area contributed by atoms with Crippen LogP contribution in [-0.4, -0.2) is 37.4 Å². The van der Waals surface area contributed by atoms with Crippen LogP contribution in [0.1, 0.15) is 26.2 Å². The van der Waals surface area contributed by atoms with Crippen LogP contribution in [0.15, 0.2) is 0 Å². The Hall–Kier alpha value is -0.940. The van der Waals surface area contributed by atoms with E-state index in [9.17, 15) is 9.59 Å². The number of ketones is 1. The minimum Gasteiger partial charge on any atom is -0.465 e. The summed E-state index contributed by atoms with van der Waals surface area (Å²) >= 11 is 0. The molecular weight excluding hydrogens is 236 g/mol. The summed E-state index contributed by atoms with van der Waals surface area (Å²) in [6, 6.07) is 0. The first-order chi connectivity index (χ1) is 8.65. The van der Waals surface area contributed by atoms with E-state index in [1.165, 1.54) is 0 Å². The number of carbonyl (C=O) groups excluding carboxylic acids is 2. The van der Waals surface area contributed by atoms with Gasteiger partial charge in [0.05, 0.1) is 19.8 Å². The van der Waals surface area contributed by atoms with Gasteiger partial charge in [0.15, 0.2) is 5.79 Å². The summed E-state index contributed by atoms with van der Waals surface area (Å²) in [5.74, 6) is -1.22. The van der Waals surface area contributed by atoms with E-state index in [1.54, 1.807) is 6.92 Å². The van der Waals surface area contributed by atoms with Gasteiger partial charge in [-0.3, -0.25) is 9.59 Å². The Balaban J connectivity index is 1.76. The second-order valence-electron chi connectivity index (χ2n) is 5.34. The molecule has 3 fully saturated rings. The molecule has 2 saturated carbocycles. The molecule has 5 heteroatoms. The van der Waals surface area contributed by atoms with E-state index in [2.05, 4.69) is 0 Å². The van der Waals surface area contributed by atoms with E-state index in [0.717, 1.165) is 6.42 Å². The van der Waals surface area contributed by atoms with Gasteiger partial charge in [0.1, 0.15) is 11.7 Å². The molecular formula is C13H18O5.